The first-order valence-corrected chi connectivity index (χ1v) is 11.9. The highest BCUT2D eigenvalue weighted by Crippen LogP contribution is 2.36. The van der Waals surface area contributed by atoms with Crippen molar-refractivity contribution in [2.45, 2.75) is 39.3 Å². The molecule has 2 amide bonds. The topological polar surface area (TPSA) is 105 Å². The average Bonchev–Trinajstić information content (AvgIpc) is 2.72. The van der Waals surface area contributed by atoms with E-state index in [2.05, 4.69) is 10.6 Å². The Hall–Kier alpha value is -3.07. The number of rotatable bonds is 6. The predicted octanol–water partition coefficient (Wildman–Crippen LogP) is 2.69. The van der Waals surface area contributed by atoms with Gasteiger partial charge in [-0.1, -0.05) is 25.1 Å². The summed E-state index contributed by atoms with van der Waals surface area (Å²) in [5.74, 6) is -0.526. The largest absolute Gasteiger partial charge is 0.476 e. The third-order valence-electron chi connectivity index (χ3n) is 5.10. The molecule has 2 atom stereocenters. The van der Waals surface area contributed by atoms with Crippen LogP contribution in [0.5, 0.6) is 5.75 Å². The molecule has 2 N–H and O–H groups in total. The Morgan fingerprint density at radius 1 is 1.23 bits per heavy atom. The van der Waals surface area contributed by atoms with Crippen LogP contribution in [0.2, 0.25) is 0 Å². The second-order valence-electron chi connectivity index (χ2n) is 7.69. The van der Waals surface area contributed by atoms with E-state index in [-0.39, 0.29) is 18.5 Å². The number of amides is 2. The van der Waals surface area contributed by atoms with Crippen molar-refractivity contribution in [3.8, 4) is 5.75 Å². The summed E-state index contributed by atoms with van der Waals surface area (Å²) >= 11 is 0. The molecule has 3 rings (SSSR count). The highest BCUT2D eigenvalue weighted by molar-refractivity contribution is 7.92. The van der Waals surface area contributed by atoms with Crippen molar-refractivity contribution in [3.63, 3.8) is 0 Å². The van der Waals surface area contributed by atoms with Gasteiger partial charge in [0.25, 0.3) is 11.8 Å². The van der Waals surface area contributed by atoms with Crippen molar-refractivity contribution >= 4 is 33.2 Å². The average molecular weight is 446 g/mol. The Balaban J connectivity index is 1.85. The summed E-state index contributed by atoms with van der Waals surface area (Å²) in [4.78, 5) is 25.6. The quantitative estimate of drug-likeness (QED) is 0.711. The molecule has 0 saturated heterocycles. The number of nitrogens with zero attached hydrogens (tertiary/aromatic N) is 1. The fraction of sp³-hybridized carbons (Fsp3) is 0.364. The molecule has 9 heteroatoms. The Labute approximate surface area is 182 Å². The zero-order valence-electron chi connectivity index (χ0n) is 18.0. The molecule has 0 unspecified atom stereocenters. The van der Waals surface area contributed by atoms with Gasteiger partial charge in [0.2, 0.25) is 10.0 Å². The van der Waals surface area contributed by atoms with Crippen molar-refractivity contribution in [3.05, 3.63) is 53.6 Å². The summed E-state index contributed by atoms with van der Waals surface area (Å²) in [7, 11) is -3.62. The number of para-hydroxylation sites is 1. The number of anilines is 2. The first-order valence-electron chi connectivity index (χ1n) is 10.1. The molecule has 2 aromatic carbocycles. The predicted molar refractivity (Wildman–Crippen MR) is 120 cm³/mol. The highest BCUT2D eigenvalue weighted by Gasteiger charge is 2.35. The van der Waals surface area contributed by atoms with Gasteiger partial charge in [-0.15, -0.1) is 0 Å². The van der Waals surface area contributed by atoms with E-state index in [0.717, 1.165) is 18.2 Å². The summed E-state index contributed by atoms with van der Waals surface area (Å²) in [6.45, 7) is 5.54. The van der Waals surface area contributed by atoms with Crippen LogP contribution in [0.15, 0.2) is 42.5 Å². The molecular weight excluding hydrogens is 418 g/mol. The van der Waals surface area contributed by atoms with Crippen LogP contribution >= 0.6 is 0 Å². The van der Waals surface area contributed by atoms with E-state index >= 15 is 0 Å². The van der Waals surface area contributed by atoms with Crippen LogP contribution in [0.4, 0.5) is 11.4 Å². The number of carbonyl (C=O) groups excluding carboxylic acids is 2. The van der Waals surface area contributed by atoms with Gasteiger partial charge in [0, 0.05) is 6.04 Å². The summed E-state index contributed by atoms with van der Waals surface area (Å²) < 4.78 is 31.7. The minimum atomic E-state index is -3.62. The fourth-order valence-corrected chi connectivity index (χ4v) is 4.13. The normalized spacial score (nSPS) is 16.6. The summed E-state index contributed by atoms with van der Waals surface area (Å²) in [6.07, 6.45) is 0.792. The number of nitrogens with one attached hydrogen (secondary N) is 2. The van der Waals surface area contributed by atoms with Gasteiger partial charge in [-0.2, -0.15) is 0 Å². The van der Waals surface area contributed by atoms with Gasteiger partial charge in [0.1, 0.15) is 5.75 Å². The molecule has 0 aromatic heterocycles. The van der Waals surface area contributed by atoms with Crippen molar-refractivity contribution in [1.29, 1.82) is 0 Å². The van der Waals surface area contributed by atoms with Crippen molar-refractivity contribution in [1.82, 2.24) is 5.32 Å². The van der Waals surface area contributed by atoms with Crippen LogP contribution in [-0.2, 0) is 14.8 Å². The van der Waals surface area contributed by atoms with Crippen LogP contribution in [0.25, 0.3) is 0 Å². The van der Waals surface area contributed by atoms with Crippen molar-refractivity contribution in [2.24, 2.45) is 0 Å². The molecule has 1 aliphatic heterocycles. The molecule has 0 aliphatic carbocycles. The van der Waals surface area contributed by atoms with E-state index in [1.54, 1.807) is 42.5 Å². The number of ether oxygens (including phenoxy) is 1. The van der Waals surface area contributed by atoms with Crippen LogP contribution in [0.3, 0.4) is 0 Å². The molecule has 0 radical (unpaired) electrons. The molecular formula is C22H27N3O5S. The third kappa shape index (κ3) is 5.16. The van der Waals surface area contributed by atoms with E-state index in [9.17, 15) is 18.0 Å². The molecule has 8 nitrogen and oxygen atoms in total. The first-order chi connectivity index (χ1) is 14.6. The number of fused-ring (bicyclic) bond motifs is 1. The number of sulfonamides is 1. The minimum absolute atomic E-state index is 0.0128. The Bertz CT molecular complexity index is 1100. The fourth-order valence-electron chi connectivity index (χ4n) is 3.22. The summed E-state index contributed by atoms with van der Waals surface area (Å²) in [5, 5.41) is 5.60. The second-order valence-corrected chi connectivity index (χ2v) is 9.60. The van der Waals surface area contributed by atoms with Gasteiger partial charge in [0.05, 0.1) is 29.7 Å². The van der Waals surface area contributed by atoms with Gasteiger partial charge < -0.3 is 15.4 Å². The van der Waals surface area contributed by atoms with E-state index in [1.807, 2.05) is 20.8 Å². The Morgan fingerprint density at radius 2 is 1.94 bits per heavy atom. The zero-order chi connectivity index (χ0) is 22.8. The SMILES string of the molecule is CC[C@H](C)NC(=O)c1ccccc1NC(=O)[C@H]1CN(S(C)(=O)=O)c2cc(C)ccc2O1. The number of hydrogen-bond donors (Lipinski definition) is 2. The second kappa shape index (κ2) is 8.97. The molecule has 1 heterocycles. The van der Waals surface area contributed by atoms with E-state index in [0.29, 0.717) is 22.7 Å². The molecule has 166 valence electrons. The van der Waals surface area contributed by atoms with Gasteiger partial charge in [-0.3, -0.25) is 13.9 Å². The first kappa shape index (κ1) is 22.6. The lowest BCUT2D eigenvalue weighted by Gasteiger charge is -2.34. The smallest absolute Gasteiger partial charge is 0.267 e. The standard InChI is InChI=1S/C22H27N3O5S/c1-5-15(3)23-21(26)16-8-6-7-9-17(16)24-22(27)20-13-25(31(4,28)29)18-12-14(2)10-11-19(18)30-20/h6-12,15,20H,5,13H2,1-4H3,(H,23,26)(H,24,27)/t15-,20+/m0/s1. The monoisotopic (exact) mass is 445 g/mol. The van der Waals surface area contributed by atoms with Gasteiger partial charge in [-0.05, 0) is 50.1 Å². The molecule has 31 heavy (non-hydrogen) atoms. The van der Waals surface area contributed by atoms with Crippen LogP contribution in [0.1, 0.15) is 36.2 Å². The summed E-state index contributed by atoms with van der Waals surface area (Å²) in [6, 6.07) is 11.8. The van der Waals surface area contributed by atoms with Crippen LogP contribution in [0, 0.1) is 6.92 Å². The van der Waals surface area contributed by atoms with Crippen molar-refractivity contribution < 1.29 is 22.7 Å². The molecule has 1 aliphatic rings. The van der Waals surface area contributed by atoms with Gasteiger partial charge in [-0.25, -0.2) is 8.42 Å². The Kier molecular flexibility index (Phi) is 6.54. The molecule has 0 bridgehead atoms. The molecule has 0 saturated carbocycles. The van der Waals surface area contributed by atoms with Gasteiger partial charge in [0.15, 0.2) is 6.10 Å². The number of hydrogen-bond acceptors (Lipinski definition) is 5. The lowest BCUT2D eigenvalue weighted by atomic mass is 10.1. The number of aryl methyl sites for hydroxylation is 1. The number of benzene rings is 2. The highest BCUT2D eigenvalue weighted by atomic mass is 32.2. The van der Waals surface area contributed by atoms with Crippen LogP contribution < -0.4 is 19.7 Å². The van der Waals surface area contributed by atoms with E-state index < -0.39 is 22.0 Å². The van der Waals surface area contributed by atoms with Crippen molar-refractivity contribution in [2.75, 3.05) is 22.4 Å². The van der Waals surface area contributed by atoms with E-state index in [1.165, 1.54) is 4.31 Å². The summed E-state index contributed by atoms with van der Waals surface area (Å²) in [5.41, 5.74) is 1.93. The molecule has 0 fully saturated rings. The van der Waals surface area contributed by atoms with E-state index in [4.69, 9.17) is 4.74 Å². The zero-order valence-corrected chi connectivity index (χ0v) is 18.8. The third-order valence-corrected chi connectivity index (χ3v) is 6.24. The Morgan fingerprint density at radius 3 is 2.61 bits per heavy atom. The minimum Gasteiger partial charge on any atom is -0.476 e. The lowest BCUT2D eigenvalue weighted by molar-refractivity contribution is -0.122. The maximum atomic E-state index is 13.0. The number of carbonyl (C=O) groups is 2. The van der Waals surface area contributed by atoms with Crippen LogP contribution in [-0.4, -0.2) is 45.2 Å². The maximum Gasteiger partial charge on any atom is 0.267 e. The molecule has 2 aromatic rings. The maximum absolute atomic E-state index is 13.0. The lowest BCUT2D eigenvalue weighted by Crippen LogP contribution is -2.48. The van der Waals surface area contributed by atoms with Gasteiger partial charge >= 0.3 is 0 Å². The molecule has 0 spiro atoms.